The Labute approximate surface area is 149 Å². The van der Waals surface area contributed by atoms with Crippen molar-refractivity contribution in [2.45, 2.75) is 20.0 Å². The minimum absolute atomic E-state index is 0.0434. The quantitative estimate of drug-likeness (QED) is 0.436. The van der Waals surface area contributed by atoms with E-state index in [0.717, 1.165) is 17.8 Å². The van der Waals surface area contributed by atoms with Gasteiger partial charge in [0.05, 0.1) is 24.8 Å². The van der Waals surface area contributed by atoms with Crippen molar-refractivity contribution < 1.29 is 24.0 Å². The average Bonchev–Trinajstić information content (AvgIpc) is 3.05. The van der Waals surface area contributed by atoms with Crippen LogP contribution in [0.2, 0.25) is 0 Å². The minimum Gasteiger partial charge on any atom is -0.497 e. The van der Waals surface area contributed by atoms with Gasteiger partial charge >= 0.3 is 5.97 Å². The number of methoxy groups -OCH3 is 1. The van der Waals surface area contributed by atoms with E-state index in [2.05, 4.69) is 5.32 Å². The zero-order chi connectivity index (χ0) is 19.1. The summed E-state index contributed by atoms with van der Waals surface area (Å²) in [4.78, 5) is 34.4. The molecule has 1 amide bonds. The van der Waals surface area contributed by atoms with Crippen LogP contribution in [0.3, 0.4) is 0 Å². The minimum atomic E-state index is -0.719. The number of benzene rings is 1. The number of ether oxygens (including phenoxy) is 2. The second-order valence-corrected chi connectivity index (χ2v) is 5.31. The molecule has 26 heavy (non-hydrogen) atoms. The number of hydrogen-bond acceptors (Lipinski definition) is 6. The third-order valence-electron chi connectivity index (χ3n) is 3.54. The van der Waals surface area contributed by atoms with E-state index in [-0.39, 0.29) is 31.1 Å². The molecule has 1 aromatic heterocycles. The number of nitrogens with zero attached hydrogens (tertiary/aromatic N) is 2. The Kier molecular flexibility index (Phi) is 6.31. The predicted octanol–water partition coefficient (Wildman–Crippen LogP) is 1.90. The van der Waals surface area contributed by atoms with Gasteiger partial charge in [-0.2, -0.15) is 0 Å². The first-order chi connectivity index (χ1) is 12.4. The van der Waals surface area contributed by atoms with Crippen molar-refractivity contribution in [2.75, 3.05) is 13.7 Å². The lowest BCUT2D eigenvalue weighted by atomic mass is 10.2. The summed E-state index contributed by atoms with van der Waals surface area (Å²) in [7, 11) is 1.56. The van der Waals surface area contributed by atoms with E-state index in [1.807, 2.05) is 12.1 Å². The molecular formula is C17H19N3O6. The Morgan fingerprint density at radius 2 is 1.96 bits per heavy atom. The molecule has 1 aromatic carbocycles. The molecule has 0 bridgehead atoms. The molecular weight excluding hydrogens is 342 g/mol. The van der Waals surface area contributed by atoms with Crippen molar-refractivity contribution in [3.63, 3.8) is 0 Å². The maximum atomic E-state index is 12.1. The van der Waals surface area contributed by atoms with E-state index in [9.17, 15) is 19.7 Å². The number of hydrogen-bond donors (Lipinski definition) is 1. The number of rotatable bonds is 8. The molecule has 0 aliphatic carbocycles. The fourth-order valence-electron chi connectivity index (χ4n) is 2.26. The second kappa shape index (κ2) is 8.65. The van der Waals surface area contributed by atoms with Crippen LogP contribution in [-0.4, -0.2) is 35.1 Å². The maximum absolute atomic E-state index is 12.1. The molecule has 0 saturated heterocycles. The van der Waals surface area contributed by atoms with Crippen LogP contribution in [0.15, 0.2) is 36.5 Å². The van der Waals surface area contributed by atoms with E-state index in [1.54, 1.807) is 26.2 Å². The van der Waals surface area contributed by atoms with E-state index in [4.69, 9.17) is 9.47 Å². The number of carbonyl (C=O) groups excluding carboxylic acids is 2. The largest absolute Gasteiger partial charge is 0.497 e. The van der Waals surface area contributed by atoms with Gasteiger partial charge in [0.25, 0.3) is 5.69 Å². The van der Waals surface area contributed by atoms with Crippen LogP contribution >= 0.6 is 0 Å². The van der Waals surface area contributed by atoms with Crippen molar-refractivity contribution in [3.05, 3.63) is 57.9 Å². The van der Waals surface area contributed by atoms with Gasteiger partial charge in [-0.25, -0.2) is 4.79 Å². The number of esters is 1. The van der Waals surface area contributed by atoms with E-state index in [1.165, 1.54) is 4.57 Å². The van der Waals surface area contributed by atoms with Gasteiger partial charge in [0.1, 0.15) is 18.0 Å². The van der Waals surface area contributed by atoms with Gasteiger partial charge in [0, 0.05) is 12.6 Å². The van der Waals surface area contributed by atoms with Crippen molar-refractivity contribution >= 4 is 17.6 Å². The Morgan fingerprint density at radius 1 is 1.27 bits per heavy atom. The number of nitro groups is 1. The molecule has 0 radical (unpaired) electrons. The summed E-state index contributed by atoms with van der Waals surface area (Å²) in [6, 6.07) is 8.26. The predicted molar refractivity (Wildman–Crippen MR) is 91.9 cm³/mol. The highest BCUT2D eigenvalue weighted by Gasteiger charge is 2.21. The summed E-state index contributed by atoms with van der Waals surface area (Å²) in [5.41, 5.74) is 0.539. The summed E-state index contributed by atoms with van der Waals surface area (Å²) in [6.45, 7) is 1.79. The first kappa shape index (κ1) is 19.0. The molecule has 9 heteroatoms. The van der Waals surface area contributed by atoms with Gasteiger partial charge in [0.2, 0.25) is 5.91 Å². The zero-order valence-electron chi connectivity index (χ0n) is 14.4. The third kappa shape index (κ3) is 4.82. The molecule has 1 N–H and O–H groups in total. The first-order valence-corrected chi connectivity index (χ1v) is 7.86. The summed E-state index contributed by atoms with van der Waals surface area (Å²) < 4.78 is 11.1. The molecule has 9 nitrogen and oxygen atoms in total. The molecule has 1 heterocycles. The molecule has 0 fully saturated rings. The molecule has 0 aliphatic rings. The molecule has 138 valence electrons. The first-order valence-electron chi connectivity index (χ1n) is 7.86. The van der Waals surface area contributed by atoms with Gasteiger partial charge in [-0.1, -0.05) is 12.1 Å². The number of amides is 1. The zero-order valence-corrected chi connectivity index (χ0v) is 14.4. The summed E-state index contributed by atoms with van der Waals surface area (Å²) in [5.74, 6) is -0.403. The smallest absolute Gasteiger partial charge is 0.355 e. The molecule has 2 aromatic rings. The number of nitrogens with one attached hydrogen (secondary N) is 1. The third-order valence-corrected chi connectivity index (χ3v) is 3.54. The van der Waals surface area contributed by atoms with Gasteiger partial charge in [0.15, 0.2) is 0 Å². The summed E-state index contributed by atoms with van der Waals surface area (Å²) in [5, 5.41) is 13.6. The Morgan fingerprint density at radius 3 is 2.54 bits per heavy atom. The van der Waals surface area contributed by atoms with Crippen molar-refractivity contribution in [1.29, 1.82) is 0 Å². The topological polar surface area (TPSA) is 113 Å². The second-order valence-electron chi connectivity index (χ2n) is 5.31. The van der Waals surface area contributed by atoms with Crippen LogP contribution in [0, 0.1) is 10.1 Å². The monoisotopic (exact) mass is 361 g/mol. The summed E-state index contributed by atoms with van der Waals surface area (Å²) >= 11 is 0. The van der Waals surface area contributed by atoms with E-state index >= 15 is 0 Å². The molecule has 0 unspecified atom stereocenters. The van der Waals surface area contributed by atoms with Crippen LogP contribution in [0.25, 0.3) is 0 Å². The van der Waals surface area contributed by atoms with Crippen LogP contribution in [-0.2, 0) is 22.6 Å². The van der Waals surface area contributed by atoms with E-state index in [0.29, 0.717) is 5.75 Å². The lowest BCUT2D eigenvalue weighted by molar-refractivity contribution is -0.384. The SMILES string of the molecule is CCOC(=O)c1cc([N+](=O)[O-])cn1CC(=O)NCc1ccc(OC)cc1. The lowest BCUT2D eigenvalue weighted by Crippen LogP contribution is -2.28. The van der Waals surface area contributed by atoms with Crippen LogP contribution in [0.4, 0.5) is 5.69 Å². The standard InChI is InChI=1S/C17H19N3O6/c1-3-26-17(22)15-8-13(20(23)24)10-19(15)11-16(21)18-9-12-4-6-14(25-2)7-5-12/h4-8,10H,3,9,11H2,1-2H3,(H,18,21). The van der Waals surface area contributed by atoms with Crippen molar-refractivity contribution in [1.82, 2.24) is 9.88 Å². The lowest BCUT2D eigenvalue weighted by Gasteiger charge is -2.09. The number of carbonyl (C=O) groups is 2. The normalized spacial score (nSPS) is 10.2. The highest BCUT2D eigenvalue weighted by Crippen LogP contribution is 2.17. The van der Waals surface area contributed by atoms with Crippen molar-refractivity contribution in [2.24, 2.45) is 0 Å². The highest BCUT2D eigenvalue weighted by molar-refractivity contribution is 5.89. The molecule has 0 aliphatic heterocycles. The van der Waals surface area contributed by atoms with Gasteiger partial charge in [-0.3, -0.25) is 14.9 Å². The highest BCUT2D eigenvalue weighted by atomic mass is 16.6. The van der Waals surface area contributed by atoms with E-state index < -0.39 is 16.8 Å². The molecule has 0 atom stereocenters. The summed E-state index contributed by atoms with van der Waals surface area (Å²) in [6.07, 6.45) is 1.14. The molecule has 2 rings (SSSR count). The Balaban J connectivity index is 2.04. The van der Waals surface area contributed by atoms with Crippen molar-refractivity contribution in [3.8, 4) is 5.75 Å². The number of aromatic nitrogens is 1. The molecule has 0 saturated carbocycles. The Bertz CT molecular complexity index is 797. The van der Waals surface area contributed by atoms with Crippen LogP contribution < -0.4 is 10.1 Å². The van der Waals surface area contributed by atoms with Gasteiger partial charge < -0.3 is 19.4 Å². The Hall–Kier alpha value is -3.36. The van der Waals surface area contributed by atoms with Gasteiger partial charge in [-0.15, -0.1) is 0 Å². The van der Waals surface area contributed by atoms with Crippen LogP contribution in [0.5, 0.6) is 5.75 Å². The fraction of sp³-hybridized carbons (Fsp3) is 0.294. The molecule has 0 spiro atoms. The van der Waals surface area contributed by atoms with Gasteiger partial charge in [-0.05, 0) is 24.6 Å². The average molecular weight is 361 g/mol. The van der Waals surface area contributed by atoms with Crippen LogP contribution in [0.1, 0.15) is 23.0 Å². The maximum Gasteiger partial charge on any atom is 0.355 e. The fourth-order valence-corrected chi connectivity index (χ4v) is 2.26.